The summed E-state index contributed by atoms with van der Waals surface area (Å²) in [7, 11) is 0. The maximum absolute atomic E-state index is 11.1. The van der Waals surface area contributed by atoms with Gasteiger partial charge in [-0.15, -0.1) is 10.8 Å². The van der Waals surface area contributed by atoms with Crippen molar-refractivity contribution in [2.75, 3.05) is 19.6 Å². The van der Waals surface area contributed by atoms with Gasteiger partial charge in [0.25, 0.3) is 0 Å². The molecule has 1 heterocycles. The molecule has 4 heteroatoms. The number of nitrogens with zero attached hydrogens (tertiary/aromatic N) is 2. The Bertz CT molecular complexity index is 516. The van der Waals surface area contributed by atoms with E-state index in [1.807, 2.05) is 25.3 Å². The number of allylic oxidation sites excluding steroid dienone is 2. The van der Waals surface area contributed by atoms with Crippen molar-refractivity contribution >= 4 is 11.7 Å². The Kier molecular flexibility index (Phi) is 7.08. The van der Waals surface area contributed by atoms with Crippen molar-refractivity contribution in [1.82, 2.24) is 10.3 Å². The SMILES string of the molecule is C=C=CC/C(=C\C)CNCC1=CN(CC(C)=O)N=C=C1. The smallest absolute Gasteiger partial charge is 0.151 e. The first-order chi connectivity index (χ1) is 9.65. The second-order valence-corrected chi connectivity index (χ2v) is 4.54. The van der Waals surface area contributed by atoms with Crippen molar-refractivity contribution in [3.8, 4) is 0 Å². The lowest BCUT2D eigenvalue weighted by Crippen LogP contribution is -2.24. The average molecular weight is 271 g/mol. The van der Waals surface area contributed by atoms with Crippen LogP contribution in [0.2, 0.25) is 0 Å². The Balaban J connectivity index is 2.44. The molecule has 20 heavy (non-hydrogen) atoms. The lowest BCUT2D eigenvalue weighted by atomic mass is 10.1. The van der Waals surface area contributed by atoms with E-state index < -0.39 is 0 Å². The second kappa shape index (κ2) is 8.89. The van der Waals surface area contributed by atoms with Crippen LogP contribution in [0.4, 0.5) is 0 Å². The lowest BCUT2D eigenvalue weighted by Gasteiger charge is -2.15. The monoisotopic (exact) mass is 271 g/mol. The molecule has 1 aliphatic rings. The zero-order valence-electron chi connectivity index (χ0n) is 12.1. The van der Waals surface area contributed by atoms with Gasteiger partial charge in [0.15, 0.2) is 5.78 Å². The van der Waals surface area contributed by atoms with Crippen molar-refractivity contribution in [2.24, 2.45) is 5.10 Å². The highest BCUT2D eigenvalue weighted by Gasteiger charge is 2.05. The van der Waals surface area contributed by atoms with E-state index in [0.29, 0.717) is 6.54 Å². The van der Waals surface area contributed by atoms with Gasteiger partial charge in [0, 0.05) is 31.2 Å². The van der Waals surface area contributed by atoms with Gasteiger partial charge >= 0.3 is 0 Å². The number of hydrogen-bond donors (Lipinski definition) is 1. The molecule has 0 saturated carbocycles. The van der Waals surface area contributed by atoms with Crippen LogP contribution >= 0.6 is 0 Å². The van der Waals surface area contributed by atoms with E-state index in [2.05, 4.69) is 34.7 Å². The summed E-state index contributed by atoms with van der Waals surface area (Å²) in [6.45, 7) is 8.94. The first-order valence-corrected chi connectivity index (χ1v) is 6.61. The molecule has 0 atom stereocenters. The molecule has 0 bridgehead atoms. The highest BCUT2D eigenvalue weighted by Crippen LogP contribution is 2.05. The van der Waals surface area contributed by atoms with E-state index in [-0.39, 0.29) is 12.3 Å². The van der Waals surface area contributed by atoms with Gasteiger partial charge in [-0.25, -0.2) is 0 Å². The molecule has 0 fully saturated rings. The average Bonchev–Trinajstić information content (AvgIpc) is 2.42. The normalized spacial score (nSPS) is 14.0. The molecule has 0 unspecified atom stereocenters. The minimum atomic E-state index is 0.0772. The molecule has 0 spiro atoms. The molecule has 0 aromatic heterocycles. The summed E-state index contributed by atoms with van der Waals surface area (Å²) < 4.78 is 0. The summed E-state index contributed by atoms with van der Waals surface area (Å²) in [5, 5.41) is 8.96. The van der Waals surface area contributed by atoms with Crippen molar-refractivity contribution in [2.45, 2.75) is 20.3 Å². The summed E-state index contributed by atoms with van der Waals surface area (Å²) in [4.78, 5) is 11.1. The Hall–Kier alpha value is -2.12. The van der Waals surface area contributed by atoms with Crippen LogP contribution in [0.5, 0.6) is 0 Å². The van der Waals surface area contributed by atoms with E-state index in [0.717, 1.165) is 18.5 Å². The molecule has 1 rings (SSSR count). The van der Waals surface area contributed by atoms with Crippen molar-refractivity contribution < 1.29 is 4.79 Å². The predicted octanol–water partition coefficient (Wildman–Crippen LogP) is 2.18. The predicted molar refractivity (Wildman–Crippen MR) is 82.4 cm³/mol. The van der Waals surface area contributed by atoms with E-state index in [1.54, 1.807) is 11.9 Å². The third-order valence-corrected chi connectivity index (χ3v) is 2.73. The van der Waals surface area contributed by atoms with Gasteiger partial charge in [0.05, 0.1) is 6.54 Å². The molecule has 0 aromatic carbocycles. The fourth-order valence-electron chi connectivity index (χ4n) is 1.71. The Morgan fingerprint density at radius 1 is 1.65 bits per heavy atom. The van der Waals surface area contributed by atoms with Gasteiger partial charge in [-0.1, -0.05) is 18.2 Å². The standard InChI is InChI=1S/C16H21N3O/c1-4-6-7-15(5-2)10-17-11-16-8-9-18-19(13-16)12-14(3)20/h5-6,8,13,17H,1,7,10-12H2,2-3H3/b15-5+. The van der Waals surface area contributed by atoms with E-state index in [9.17, 15) is 4.79 Å². The Morgan fingerprint density at radius 3 is 3.10 bits per heavy atom. The quantitative estimate of drug-likeness (QED) is 0.543. The number of nitrogens with one attached hydrogen (secondary N) is 1. The van der Waals surface area contributed by atoms with E-state index in [4.69, 9.17) is 0 Å². The van der Waals surface area contributed by atoms with Crippen LogP contribution in [0.25, 0.3) is 0 Å². The van der Waals surface area contributed by atoms with E-state index >= 15 is 0 Å². The molecule has 0 radical (unpaired) electrons. The number of carbonyl (C=O) groups excluding carboxylic acids is 1. The number of rotatable bonds is 8. The number of Topliss-reactive ketones (excluding diaryl/α,β-unsaturated/α-hetero) is 1. The van der Waals surface area contributed by atoms with Gasteiger partial charge in [-0.2, -0.15) is 0 Å². The molecule has 0 aromatic rings. The first-order valence-electron chi connectivity index (χ1n) is 6.61. The van der Waals surface area contributed by atoms with Crippen LogP contribution in [0.3, 0.4) is 0 Å². The third kappa shape index (κ3) is 6.17. The van der Waals surface area contributed by atoms with Crippen LogP contribution in [0, 0.1) is 0 Å². The van der Waals surface area contributed by atoms with Gasteiger partial charge in [0.2, 0.25) is 0 Å². The minimum absolute atomic E-state index is 0.0772. The molecule has 0 saturated heterocycles. The van der Waals surface area contributed by atoms with Crippen molar-refractivity contribution in [1.29, 1.82) is 0 Å². The highest BCUT2D eigenvalue weighted by atomic mass is 16.1. The van der Waals surface area contributed by atoms with Crippen molar-refractivity contribution in [3.63, 3.8) is 0 Å². The molecule has 106 valence electrons. The lowest BCUT2D eigenvalue weighted by molar-refractivity contribution is -0.117. The molecular weight excluding hydrogens is 250 g/mol. The first kappa shape index (κ1) is 15.9. The fraction of sp³-hybridized carbons (Fsp3) is 0.375. The minimum Gasteiger partial charge on any atom is -0.309 e. The topological polar surface area (TPSA) is 44.7 Å². The number of hydrazone groups is 1. The van der Waals surface area contributed by atoms with Crippen LogP contribution in [-0.4, -0.2) is 36.3 Å². The molecule has 1 N–H and O–H groups in total. The Labute approximate surface area is 120 Å². The fourth-order valence-corrected chi connectivity index (χ4v) is 1.71. The highest BCUT2D eigenvalue weighted by molar-refractivity contribution is 5.78. The third-order valence-electron chi connectivity index (χ3n) is 2.73. The maximum Gasteiger partial charge on any atom is 0.151 e. The summed E-state index contributed by atoms with van der Waals surface area (Å²) >= 11 is 0. The molecule has 4 nitrogen and oxygen atoms in total. The number of carbonyl (C=O) groups is 1. The molecule has 0 amide bonds. The van der Waals surface area contributed by atoms with Crippen LogP contribution in [0.1, 0.15) is 20.3 Å². The van der Waals surface area contributed by atoms with Gasteiger partial charge < -0.3 is 5.32 Å². The van der Waals surface area contributed by atoms with Gasteiger partial charge in [0.1, 0.15) is 0 Å². The van der Waals surface area contributed by atoms with Gasteiger partial charge in [-0.05, 0) is 31.9 Å². The molecule has 1 aliphatic heterocycles. The summed E-state index contributed by atoms with van der Waals surface area (Å²) in [5.74, 6) is 2.88. The van der Waals surface area contributed by atoms with Crippen LogP contribution in [0.15, 0.2) is 53.0 Å². The van der Waals surface area contributed by atoms with Gasteiger partial charge in [-0.3, -0.25) is 9.80 Å². The van der Waals surface area contributed by atoms with Crippen LogP contribution < -0.4 is 5.32 Å². The Morgan fingerprint density at radius 2 is 2.45 bits per heavy atom. The largest absolute Gasteiger partial charge is 0.309 e. The zero-order valence-corrected chi connectivity index (χ0v) is 12.1. The second-order valence-electron chi connectivity index (χ2n) is 4.54. The summed E-state index contributed by atoms with van der Waals surface area (Å²) in [5.41, 5.74) is 5.11. The number of hydrogen-bond acceptors (Lipinski definition) is 4. The van der Waals surface area contributed by atoms with Crippen LogP contribution in [-0.2, 0) is 4.79 Å². The zero-order chi connectivity index (χ0) is 14.8. The molecular formula is C16H21N3O. The maximum atomic E-state index is 11.1. The molecule has 0 aliphatic carbocycles. The van der Waals surface area contributed by atoms with Crippen molar-refractivity contribution in [3.05, 3.63) is 47.9 Å². The number of ketones is 1. The summed E-state index contributed by atoms with van der Waals surface area (Å²) in [6.07, 6.45) is 8.56. The van der Waals surface area contributed by atoms with E-state index in [1.165, 1.54) is 5.57 Å². The summed E-state index contributed by atoms with van der Waals surface area (Å²) in [6, 6.07) is 0.